The number of fused-ring (bicyclic) bond motifs is 1. The van der Waals surface area contributed by atoms with Gasteiger partial charge in [-0.1, -0.05) is 30.3 Å². The zero-order valence-electron chi connectivity index (χ0n) is 13.5. The molecule has 0 atom stereocenters. The summed E-state index contributed by atoms with van der Waals surface area (Å²) in [4.78, 5) is 10.2. The van der Waals surface area contributed by atoms with E-state index in [-0.39, 0.29) is 6.61 Å². The fourth-order valence-corrected chi connectivity index (χ4v) is 2.58. The molecule has 3 rings (SSSR count). The van der Waals surface area contributed by atoms with E-state index in [2.05, 4.69) is 9.97 Å². The van der Waals surface area contributed by atoms with Crippen molar-refractivity contribution in [1.82, 2.24) is 9.97 Å². The fourth-order valence-electron chi connectivity index (χ4n) is 2.58. The first kappa shape index (κ1) is 16.0. The Labute approximate surface area is 140 Å². The van der Waals surface area contributed by atoms with Crippen molar-refractivity contribution in [2.75, 3.05) is 30.3 Å². The highest BCUT2D eigenvalue weighted by atomic mass is 16.5. The molecule has 0 spiro atoms. The van der Waals surface area contributed by atoms with Gasteiger partial charge in [-0.25, -0.2) is 4.98 Å². The Balaban J connectivity index is 1.91. The topological polar surface area (TPSA) is 84.5 Å². The molecular weight excluding hydrogens is 304 g/mol. The van der Waals surface area contributed by atoms with Gasteiger partial charge in [0.1, 0.15) is 17.8 Å². The highest BCUT2D eigenvalue weighted by Crippen LogP contribution is 2.32. The van der Waals surface area contributed by atoms with Gasteiger partial charge in [0.2, 0.25) is 5.88 Å². The summed E-state index contributed by atoms with van der Waals surface area (Å²) in [5, 5.41) is 11.4. The molecule has 0 amide bonds. The maximum absolute atomic E-state index is 9.17. The third kappa shape index (κ3) is 3.23. The maximum atomic E-state index is 9.17. The number of anilines is 2. The molecule has 2 aromatic carbocycles. The van der Waals surface area contributed by atoms with E-state index < -0.39 is 0 Å². The summed E-state index contributed by atoms with van der Waals surface area (Å²) in [5.74, 6) is 1.54. The molecule has 124 valence electrons. The number of aliphatic hydroxyl groups excluding tert-OH is 1. The van der Waals surface area contributed by atoms with E-state index in [1.54, 1.807) is 0 Å². The largest absolute Gasteiger partial charge is 0.437 e. The Bertz CT molecular complexity index is 838. The van der Waals surface area contributed by atoms with Gasteiger partial charge in [-0.3, -0.25) is 0 Å². The van der Waals surface area contributed by atoms with Gasteiger partial charge in [-0.2, -0.15) is 4.98 Å². The predicted octanol–water partition coefficient (Wildman–Crippen LogP) is 2.82. The van der Waals surface area contributed by atoms with E-state index >= 15 is 0 Å². The molecule has 1 aromatic heterocycles. The van der Waals surface area contributed by atoms with Crippen LogP contribution in [0.4, 0.5) is 11.5 Å². The molecule has 0 saturated carbocycles. The second-order valence-corrected chi connectivity index (χ2v) is 5.33. The SMILES string of the molecule is CCN(CCO)c1ncnc(Oc2ccc3ccccc3c2)c1N. The fraction of sp³-hybridized carbons (Fsp3) is 0.222. The van der Waals surface area contributed by atoms with Crippen molar-refractivity contribution < 1.29 is 9.84 Å². The standard InChI is InChI=1S/C18H20N4O2/c1-2-22(9-10-23)17-16(19)18(21-12-20-17)24-15-8-7-13-5-3-4-6-14(13)11-15/h3-8,11-12,23H,2,9-10,19H2,1H3. The second kappa shape index (κ2) is 7.14. The summed E-state index contributed by atoms with van der Waals surface area (Å²) in [6.45, 7) is 3.13. The van der Waals surface area contributed by atoms with Crippen LogP contribution < -0.4 is 15.4 Å². The minimum Gasteiger partial charge on any atom is -0.437 e. The van der Waals surface area contributed by atoms with Gasteiger partial charge in [0.25, 0.3) is 0 Å². The third-order valence-electron chi connectivity index (χ3n) is 3.81. The summed E-state index contributed by atoms with van der Waals surface area (Å²) in [7, 11) is 0. The van der Waals surface area contributed by atoms with E-state index in [9.17, 15) is 0 Å². The number of hydrogen-bond acceptors (Lipinski definition) is 6. The van der Waals surface area contributed by atoms with Gasteiger partial charge < -0.3 is 20.5 Å². The van der Waals surface area contributed by atoms with Crippen LogP contribution in [0.1, 0.15) is 6.92 Å². The average molecular weight is 324 g/mol. The van der Waals surface area contributed by atoms with Crippen LogP contribution in [0, 0.1) is 0 Å². The normalized spacial score (nSPS) is 10.8. The summed E-state index contributed by atoms with van der Waals surface area (Å²) in [5.41, 5.74) is 6.54. The smallest absolute Gasteiger partial charge is 0.248 e. The summed E-state index contributed by atoms with van der Waals surface area (Å²) >= 11 is 0. The molecule has 6 nitrogen and oxygen atoms in total. The Morgan fingerprint density at radius 3 is 2.67 bits per heavy atom. The minimum atomic E-state index is 0.0259. The van der Waals surface area contributed by atoms with Crippen LogP contribution in [0.5, 0.6) is 11.6 Å². The summed E-state index contributed by atoms with van der Waals surface area (Å²) in [6, 6.07) is 13.9. The van der Waals surface area contributed by atoms with Crippen molar-refractivity contribution in [3.63, 3.8) is 0 Å². The molecule has 0 saturated heterocycles. The van der Waals surface area contributed by atoms with Gasteiger partial charge in [0, 0.05) is 13.1 Å². The quantitative estimate of drug-likeness (QED) is 0.725. The Hall–Kier alpha value is -2.86. The van der Waals surface area contributed by atoms with E-state index in [1.807, 2.05) is 54.3 Å². The van der Waals surface area contributed by atoms with Crippen molar-refractivity contribution in [3.05, 3.63) is 48.8 Å². The van der Waals surface area contributed by atoms with Crippen molar-refractivity contribution in [3.8, 4) is 11.6 Å². The van der Waals surface area contributed by atoms with E-state index in [1.165, 1.54) is 6.33 Å². The second-order valence-electron chi connectivity index (χ2n) is 5.33. The monoisotopic (exact) mass is 324 g/mol. The molecule has 0 aliphatic carbocycles. The molecule has 0 fully saturated rings. The Morgan fingerprint density at radius 1 is 1.12 bits per heavy atom. The molecule has 3 N–H and O–H groups in total. The number of benzene rings is 2. The van der Waals surface area contributed by atoms with Crippen LogP contribution in [0.2, 0.25) is 0 Å². The highest BCUT2D eigenvalue weighted by molar-refractivity contribution is 5.83. The number of ether oxygens (including phenoxy) is 1. The first-order chi connectivity index (χ1) is 11.7. The van der Waals surface area contributed by atoms with Crippen LogP contribution in [0.3, 0.4) is 0 Å². The molecule has 0 unspecified atom stereocenters. The number of aromatic nitrogens is 2. The predicted molar refractivity (Wildman–Crippen MR) is 95.4 cm³/mol. The van der Waals surface area contributed by atoms with Gasteiger partial charge in [-0.05, 0) is 29.8 Å². The van der Waals surface area contributed by atoms with Crippen molar-refractivity contribution in [1.29, 1.82) is 0 Å². The molecule has 0 radical (unpaired) electrons. The number of nitrogen functional groups attached to an aromatic ring is 1. The van der Waals surface area contributed by atoms with E-state index in [0.717, 1.165) is 10.8 Å². The van der Waals surface area contributed by atoms with Crippen LogP contribution in [0.15, 0.2) is 48.8 Å². The van der Waals surface area contributed by atoms with Gasteiger partial charge >= 0.3 is 0 Å². The van der Waals surface area contributed by atoms with Crippen LogP contribution in [-0.2, 0) is 0 Å². The number of rotatable bonds is 6. The first-order valence-electron chi connectivity index (χ1n) is 7.86. The first-order valence-corrected chi connectivity index (χ1v) is 7.86. The van der Waals surface area contributed by atoms with Crippen LogP contribution in [-0.4, -0.2) is 34.8 Å². The van der Waals surface area contributed by atoms with Crippen molar-refractivity contribution in [2.45, 2.75) is 6.92 Å². The van der Waals surface area contributed by atoms with Crippen LogP contribution >= 0.6 is 0 Å². The zero-order valence-corrected chi connectivity index (χ0v) is 13.5. The average Bonchev–Trinajstić information content (AvgIpc) is 2.62. The number of aliphatic hydroxyl groups is 1. The molecule has 0 bridgehead atoms. The van der Waals surface area contributed by atoms with E-state index in [0.29, 0.717) is 36.2 Å². The molecule has 1 heterocycles. The van der Waals surface area contributed by atoms with E-state index in [4.69, 9.17) is 15.6 Å². The minimum absolute atomic E-state index is 0.0259. The van der Waals surface area contributed by atoms with Crippen LogP contribution in [0.25, 0.3) is 10.8 Å². The number of hydrogen-bond donors (Lipinski definition) is 2. The number of likely N-dealkylation sites (N-methyl/N-ethyl adjacent to an activating group) is 1. The molecule has 24 heavy (non-hydrogen) atoms. The lowest BCUT2D eigenvalue weighted by atomic mass is 10.1. The Morgan fingerprint density at radius 2 is 1.92 bits per heavy atom. The summed E-state index contributed by atoms with van der Waals surface area (Å²) in [6.07, 6.45) is 1.42. The molecule has 6 heteroatoms. The Kier molecular flexibility index (Phi) is 4.77. The lowest BCUT2D eigenvalue weighted by molar-refractivity contribution is 0.302. The summed E-state index contributed by atoms with van der Waals surface area (Å²) < 4.78 is 5.87. The van der Waals surface area contributed by atoms with Crippen molar-refractivity contribution >= 4 is 22.3 Å². The lowest BCUT2D eigenvalue weighted by Crippen LogP contribution is -2.28. The lowest BCUT2D eigenvalue weighted by Gasteiger charge is -2.22. The highest BCUT2D eigenvalue weighted by Gasteiger charge is 2.15. The van der Waals surface area contributed by atoms with Gasteiger partial charge in [0.05, 0.1) is 6.61 Å². The zero-order chi connectivity index (χ0) is 16.9. The number of nitrogens with two attached hydrogens (primary N) is 1. The molecular formula is C18H20N4O2. The molecule has 3 aromatic rings. The molecule has 0 aliphatic rings. The molecule has 0 aliphatic heterocycles. The van der Waals surface area contributed by atoms with Gasteiger partial charge in [-0.15, -0.1) is 0 Å². The van der Waals surface area contributed by atoms with Gasteiger partial charge in [0.15, 0.2) is 5.82 Å². The van der Waals surface area contributed by atoms with Crippen molar-refractivity contribution in [2.24, 2.45) is 0 Å². The maximum Gasteiger partial charge on any atom is 0.248 e. The third-order valence-corrected chi connectivity index (χ3v) is 3.81. The number of nitrogens with zero attached hydrogens (tertiary/aromatic N) is 3.